The van der Waals surface area contributed by atoms with E-state index in [9.17, 15) is 14.4 Å². The van der Waals surface area contributed by atoms with Crippen molar-refractivity contribution in [2.24, 2.45) is 0 Å². The second-order valence-corrected chi connectivity index (χ2v) is 2.07. The number of aliphatic hydroxyl groups excluding tert-OH is 1. The average Bonchev–Trinajstić information content (AvgIpc) is 2.02. The second-order valence-electron chi connectivity index (χ2n) is 2.07. The number of rotatable bonds is 5. The zero-order valence-electron chi connectivity index (χ0n) is 6.47. The topological polar surface area (TPSA) is 121 Å². The number of aliphatic hydroxyl groups is 1. The lowest BCUT2D eigenvalue weighted by molar-refractivity contribution is -0.168. The standard InChI is InChI=1S/C6H8O7/c7-2-5(10)13-3(6(11)12)1-4(8)9/h3,7H,1-2H2,(H,8,9)(H,11,12). The van der Waals surface area contributed by atoms with Crippen LogP contribution in [-0.2, 0) is 19.1 Å². The molecule has 7 heteroatoms. The maximum absolute atomic E-state index is 10.4. The Labute approximate surface area is 72.5 Å². The highest BCUT2D eigenvalue weighted by molar-refractivity contribution is 5.82. The molecule has 0 aliphatic rings. The number of hydrogen-bond donors (Lipinski definition) is 3. The summed E-state index contributed by atoms with van der Waals surface area (Å²) in [6, 6.07) is 0. The minimum Gasteiger partial charge on any atom is -0.481 e. The van der Waals surface area contributed by atoms with Gasteiger partial charge < -0.3 is 20.1 Å². The van der Waals surface area contributed by atoms with Crippen molar-refractivity contribution in [3.05, 3.63) is 0 Å². The van der Waals surface area contributed by atoms with E-state index in [2.05, 4.69) is 4.74 Å². The lowest BCUT2D eigenvalue weighted by Gasteiger charge is -2.09. The van der Waals surface area contributed by atoms with Crippen LogP contribution in [0.2, 0.25) is 0 Å². The minimum atomic E-state index is -1.75. The van der Waals surface area contributed by atoms with Crippen LogP contribution in [-0.4, -0.2) is 45.9 Å². The smallest absolute Gasteiger partial charge is 0.345 e. The van der Waals surface area contributed by atoms with Gasteiger partial charge in [-0.3, -0.25) is 4.79 Å². The monoisotopic (exact) mass is 192 g/mol. The van der Waals surface area contributed by atoms with Crippen LogP contribution in [0, 0.1) is 0 Å². The van der Waals surface area contributed by atoms with Gasteiger partial charge in [-0.2, -0.15) is 0 Å². The normalized spacial score (nSPS) is 11.8. The van der Waals surface area contributed by atoms with E-state index < -0.39 is 37.0 Å². The molecule has 1 atom stereocenters. The Balaban J connectivity index is 4.18. The summed E-state index contributed by atoms with van der Waals surface area (Å²) >= 11 is 0. The maximum Gasteiger partial charge on any atom is 0.345 e. The quantitative estimate of drug-likeness (QED) is 0.451. The van der Waals surface area contributed by atoms with Gasteiger partial charge in [0.25, 0.3) is 0 Å². The van der Waals surface area contributed by atoms with Crippen LogP contribution < -0.4 is 0 Å². The number of ether oxygens (including phenoxy) is 1. The van der Waals surface area contributed by atoms with Crippen molar-refractivity contribution in [2.75, 3.05) is 6.61 Å². The largest absolute Gasteiger partial charge is 0.481 e. The van der Waals surface area contributed by atoms with Gasteiger partial charge in [0.2, 0.25) is 6.10 Å². The molecule has 0 radical (unpaired) electrons. The third kappa shape index (κ3) is 4.75. The number of carbonyl (C=O) groups excluding carboxylic acids is 1. The highest BCUT2D eigenvalue weighted by Crippen LogP contribution is 1.99. The molecule has 0 aliphatic heterocycles. The highest BCUT2D eigenvalue weighted by atomic mass is 16.6. The van der Waals surface area contributed by atoms with Crippen molar-refractivity contribution in [3.8, 4) is 0 Å². The number of carboxylic acid groups (broad SMARTS) is 2. The predicted octanol–water partition coefficient (Wildman–Crippen LogP) is -1.55. The number of aliphatic carboxylic acids is 2. The number of hydrogen-bond acceptors (Lipinski definition) is 5. The van der Waals surface area contributed by atoms with E-state index in [1.54, 1.807) is 0 Å². The van der Waals surface area contributed by atoms with E-state index in [1.165, 1.54) is 0 Å². The third-order valence-corrected chi connectivity index (χ3v) is 1.04. The van der Waals surface area contributed by atoms with Gasteiger partial charge in [0, 0.05) is 0 Å². The Bertz CT molecular complexity index is 221. The van der Waals surface area contributed by atoms with E-state index in [0.29, 0.717) is 0 Å². The molecular formula is C6H8O7. The Morgan fingerprint density at radius 2 is 1.77 bits per heavy atom. The van der Waals surface area contributed by atoms with E-state index in [0.717, 1.165) is 0 Å². The molecule has 13 heavy (non-hydrogen) atoms. The summed E-state index contributed by atoms with van der Waals surface area (Å²) in [5, 5.41) is 24.7. The molecule has 0 fully saturated rings. The minimum absolute atomic E-state index is 0.832. The van der Waals surface area contributed by atoms with Gasteiger partial charge in [-0.15, -0.1) is 0 Å². The molecule has 0 heterocycles. The molecule has 74 valence electrons. The van der Waals surface area contributed by atoms with Crippen LogP contribution in [0.3, 0.4) is 0 Å². The first-order valence-corrected chi connectivity index (χ1v) is 3.22. The lowest BCUT2D eigenvalue weighted by atomic mass is 10.2. The van der Waals surface area contributed by atoms with E-state index in [1.807, 2.05) is 0 Å². The van der Waals surface area contributed by atoms with Crippen molar-refractivity contribution >= 4 is 17.9 Å². The van der Waals surface area contributed by atoms with Crippen molar-refractivity contribution in [3.63, 3.8) is 0 Å². The molecule has 0 aromatic rings. The van der Waals surface area contributed by atoms with E-state index >= 15 is 0 Å². The molecular weight excluding hydrogens is 184 g/mol. The van der Waals surface area contributed by atoms with E-state index in [4.69, 9.17) is 15.3 Å². The molecule has 0 aromatic carbocycles. The maximum atomic E-state index is 10.4. The fourth-order valence-corrected chi connectivity index (χ4v) is 0.534. The Hall–Kier alpha value is -1.63. The van der Waals surface area contributed by atoms with Gasteiger partial charge in [-0.05, 0) is 0 Å². The third-order valence-electron chi connectivity index (χ3n) is 1.04. The van der Waals surface area contributed by atoms with Gasteiger partial charge in [0.05, 0.1) is 6.42 Å². The first kappa shape index (κ1) is 11.4. The summed E-state index contributed by atoms with van der Waals surface area (Å²) in [5.41, 5.74) is 0. The molecule has 0 saturated carbocycles. The summed E-state index contributed by atoms with van der Waals surface area (Å²) < 4.78 is 4.10. The number of esters is 1. The zero-order valence-corrected chi connectivity index (χ0v) is 6.47. The molecule has 1 unspecified atom stereocenters. The summed E-state index contributed by atoms with van der Waals surface area (Å²) in [5.74, 6) is -4.14. The first-order valence-electron chi connectivity index (χ1n) is 3.22. The van der Waals surface area contributed by atoms with Crippen molar-refractivity contribution in [1.29, 1.82) is 0 Å². The van der Waals surface area contributed by atoms with Crippen molar-refractivity contribution < 1.29 is 34.4 Å². The number of carbonyl (C=O) groups is 3. The first-order chi connectivity index (χ1) is 5.97. The summed E-state index contributed by atoms with van der Waals surface area (Å²) in [4.78, 5) is 30.7. The molecule has 0 saturated heterocycles. The van der Waals surface area contributed by atoms with E-state index in [-0.39, 0.29) is 0 Å². The summed E-state index contributed by atoms with van der Waals surface area (Å²) in [6.07, 6.45) is -2.58. The van der Waals surface area contributed by atoms with Crippen LogP contribution in [0.25, 0.3) is 0 Å². The predicted molar refractivity (Wildman–Crippen MR) is 36.9 cm³/mol. The second kappa shape index (κ2) is 5.09. The summed E-state index contributed by atoms with van der Waals surface area (Å²) in [6.45, 7) is -0.983. The molecule has 0 amide bonds. The SMILES string of the molecule is O=C(O)CC(OC(=O)CO)C(=O)O. The van der Waals surface area contributed by atoms with Gasteiger partial charge in [-0.25, -0.2) is 9.59 Å². The number of carboxylic acids is 2. The lowest BCUT2D eigenvalue weighted by Crippen LogP contribution is -2.30. The molecule has 7 nitrogen and oxygen atoms in total. The van der Waals surface area contributed by atoms with Crippen LogP contribution in [0.15, 0.2) is 0 Å². The van der Waals surface area contributed by atoms with Crippen LogP contribution in [0.4, 0.5) is 0 Å². The molecule has 0 bridgehead atoms. The van der Waals surface area contributed by atoms with Gasteiger partial charge in [0.1, 0.15) is 6.61 Å². The Morgan fingerprint density at radius 1 is 1.23 bits per heavy atom. The summed E-state index contributed by atoms with van der Waals surface area (Å²) in [7, 11) is 0. The molecule has 0 spiro atoms. The zero-order chi connectivity index (χ0) is 10.4. The Morgan fingerprint density at radius 3 is 2.08 bits per heavy atom. The fourth-order valence-electron chi connectivity index (χ4n) is 0.534. The fraction of sp³-hybridized carbons (Fsp3) is 0.500. The van der Waals surface area contributed by atoms with Crippen LogP contribution in [0.1, 0.15) is 6.42 Å². The average molecular weight is 192 g/mol. The molecule has 3 N–H and O–H groups in total. The van der Waals surface area contributed by atoms with Gasteiger partial charge >= 0.3 is 17.9 Å². The highest BCUT2D eigenvalue weighted by Gasteiger charge is 2.24. The Kier molecular flexibility index (Phi) is 4.45. The van der Waals surface area contributed by atoms with Crippen molar-refractivity contribution in [1.82, 2.24) is 0 Å². The molecule has 0 aromatic heterocycles. The van der Waals surface area contributed by atoms with Crippen LogP contribution in [0.5, 0.6) is 0 Å². The molecule has 0 aliphatic carbocycles. The van der Waals surface area contributed by atoms with Gasteiger partial charge in [0.15, 0.2) is 0 Å². The van der Waals surface area contributed by atoms with Crippen LogP contribution >= 0.6 is 0 Å². The van der Waals surface area contributed by atoms with Crippen molar-refractivity contribution in [2.45, 2.75) is 12.5 Å². The van der Waals surface area contributed by atoms with Gasteiger partial charge in [-0.1, -0.05) is 0 Å². The molecule has 0 rings (SSSR count).